The van der Waals surface area contributed by atoms with E-state index in [4.69, 9.17) is 16.0 Å². The summed E-state index contributed by atoms with van der Waals surface area (Å²) in [7, 11) is -2.23. The Morgan fingerprint density at radius 3 is 2.60 bits per heavy atom. The van der Waals surface area contributed by atoms with Gasteiger partial charge in [-0.25, -0.2) is 13.4 Å². The summed E-state index contributed by atoms with van der Waals surface area (Å²) in [6.07, 6.45) is 1.30. The maximum Gasteiger partial charge on any atom is 0.265 e. The molecule has 0 radical (unpaired) electrons. The van der Waals surface area contributed by atoms with Crippen molar-refractivity contribution >= 4 is 44.3 Å². The largest absolute Gasteiger partial charge is 0.442 e. The Morgan fingerprint density at radius 1 is 1.30 bits per heavy atom. The average molecular weight is 453 g/mol. The standard InChI is InChI=1S/C19H21ClN4O5S/c1-5-24(6-2)30(27,28)12-7-8-13(20)14(9-12)22-17(25)15-11(3)29-18-16(15)19(26)23(4)10-21-18/h7-10H,5-6H2,1-4H3,(H,22,25). The van der Waals surface area contributed by atoms with E-state index >= 15 is 0 Å². The van der Waals surface area contributed by atoms with Crippen LogP contribution in [0.25, 0.3) is 11.1 Å². The lowest BCUT2D eigenvalue weighted by atomic mass is 10.1. The highest BCUT2D eigenvalue weighted by Crippen LogP contribution is 2.29. The molecule has 9 nitrogen and oxygen atoms in total. The van der Waals surface area contributed by atoms with Gasteiger partial charge in [0.25, 0.3) is 11.5 Å². The van der Waals surface area contributed by atoms with Crippen LogP contribution in [0.15, 0.2) is 38.6 Å². The molecule has 0 bridgehead atoms. The highest BCUT2D eigenvalue weighted by molar-refractivity contribution is 7.89. The lowest BCUT2D eigenvalue weighted by molar-refractivity contribution is 0.102. The van der Waals surface area contributed by atoms with Gasteiger partial charge in [0.2, 0.25) is 15.7 Å². The fourth-order valence-electron chi connectivity index (χ4n) is 3.12. The molecule has 3 rings (SSSR count). The van der Waals surface area contributed by atoms with E-state index in [0.29, 0.717) is 13.1 Å². The highest BCUT2D eigenvalue weighted by atomic mass is 35.5. The van der Waals surface area contributed by atoms with Gasteiger partial charge in [-0.1, -0.05) is 25.4 Å². The van der Waals surface area contributed by atoms with Crippen LogP contribution in [0.2, 0.25) is 5.02 Å². The van der Waals surface area contributed by atoms with E-state index in [1.165, 1.54) is 40.4 Å². The van der Waals surface area contributed by atoms with Gasteiger partial charge >= 0.3 is 0 Å². The number of anilines is 1. The highest BCUT2D eigenvalue weighted by Gasteiger charge is 2.25. The second-order valence-electron chi connectivity index (χ2n) is 6.56. The van der Waals surface area contributed by atoms with Gasteiger partial charge < -0.3 is 14.3 Å². The van der Waals surface area contributed by atoms with Crippen molar-refractivity contribution in [2.24, 2.45) is 7.05 Å². The summed E-state index contributed by atoms with van der Waals surface area (Å²) in [5.41, 5.74) is -0.271. The number of hydrogen-bond donors (Lipinski definition) is 1. The topological polar surface area (TPSA) is 115 Å². The van der Waals surface area contributed by atoms with Gasteiger partial charge in [0.1, 0.15) is 17.5 Å². The summed E-state index contributed by atoms with van der Waals surface area (Å²) in [6, 6.07) is 4.07. The zero-order valence-electron chi connectivity index (χ0n) is 16.9. The Bertz CT molecular complexity index is 1290. The summed E-state index contributed by atoms with van der Waals surface area (Å²) < 4.78 is 33.5. The van der Waals surface area contributed by atoms with Crippen molar-refractivity contribution in [2.75, 3.05) is 18.4 Å². The molecule has 0 fully saturated rings. The van der Waals surface area contributed by atoms with Crippen molar-refractivity contribution in [3.63, 3.8) is 0 Å². The molecular weight excluding hydrogens is 432 g/mol. The minimum absolute atomic E-state index is 0.00254. The number of rotatable bonds is 6. The van der Waals surface area contributed by atoms with Crippen molar-refractivity contribution in [2.45, 2.75) is 25.7 Å². The maximum absolute atomic E-state index is 13.0. The summed E-state index contributed by atoms with van der Waals surface area (Å²) in [6.45, 7) is 5.63. The van der Waals surface area contributed by atoms with E-state index in [0.717, 1.165) is 0 Å². The first kappa shape index (κ1) is 22.0. The van der Waals surface area contributed by atoms with Crippen LogP contribution in [0.4, 0.5) is 5.69 Å². The SMILES string of the molecule is CCN(CC)S(=O)(=O)c1ccc(Cl)c(NC(=O)c2c(C)oc3ncn(C)c(=O)c23)c1. The third kappa shape index (κ3) is 3.73. The van der Waals surface area contributed by atoms with Gasteiger partial charge in [-0.3, -0.25) is 9.59 Å². The summed E-state index contributed by atoms with van der Waals surface area (Å²) in [5.74, 6) is -0.447. The van der Waals surface area contributed by atoms with Crippen LogP contribution in [0.5, 0.6) is 0 Å². The van der Waals surface area contributed by atoms with E-state index in [1.54, 1.807) is 20.8 Å². The number of benzene rings is 1. The monoisotopic (exact) mass is 452 g/mol. The first-order chi connectivity index (χ1) is 14.1. The molecule has 1 N–H and O–H groups in total. The van der Waals surface area contributed by atoms with E-state index in [-0.39, 0.29) is 38.0 Å². The molecule has 30 heavy (non-hydrogen) atoms. The number of aromatic nitrogens is 2. The average Bonchev–Trinajstić information content (AvgIpc) is 3.04. The van der Waals surface area contributed by atoms with Gasteiger partial charge in [-0.15, -0.1) is 0 Å². The Balaban J connectivity index is 2.05. The third-order valence-electron chi connectivity index (χ3n) is 4.70. The van der Waals surface area contributed by atoms with E-state index in [2.05, 4.69) is 10.3 Å². The minimum atomic E-state index is -3.74. The molecule has 0 unspecified atom stereocenters. The molecule has 0 aliphatic carbocycles. The van der Waals surface area contributed by atoms with Crippen LogP contribution in [0, 0.1) is 6.92 Å². The van der Waals surface area contributed by atoms with E-state index in [1.807, 2.05) is 0 Å². The molecule has 0 atom stereocenters. The fourth-order valence-corrected chi connectivity index (χ4v) is 4.77. The number of halogens is 1. The van der Waals surface area contributed by atoms with E-state index < -0.39 is 21.5 Å². The zero-order chi connectivity index (χ0) is 22.2. The lowest BCUT2D eigenvalue weighted by Crippen LogP contribution is -2.30. The van der Waals surface area contributed by atoms with Crippen LogP contribution in [0.1, 0.15) is 30.0 Å². The second kappa shape index (κ2) is 8.21. The Kier molecular flexibility index (Phi) is 6.02. The lowest BCUT2D eigenvalue weighted by Gasteiger charge is -2.19. The Morgan fingerprint density at radius 2 is 1.97 bits per heavy atom. The molecule has 0 aliphatic rings. The van der Waals surface area contributed by atoms with Crippen LogP contribution < -0.4 is 10.9 Å². The normalized spacial score (nSPS) is 11.9. The zero-order valence-corrected chi connectivity index (χ0v) is 18.5. The van der Waals surface area contributed by atoms with Crippen LogP contribution in [-0.2, 0) is 17.1 Å². The Hall–Kier alpha value is -2.69. The first-order valence-corrected chi connectivity index (χ1v) is 11.0. The fraction of sp³-hybridized carbons (Fsp3) is 0.316. The van der Waals surface area contributed by atoms with Gasteiger partial charge in [-0.2, -0.15) is 4.31 Å². The maximum atomic E-state index is 13.0. The number of amides is 1. The molecule has 1 amide bonds. The van der Waals surface area contributed by atoms with Gasteiger partial charge in [0, 0.05) is 20.1 Å². The number of fused-ring (bicyclic) bond motifs is 1. The molecule has 3 aromatic rings. The van der Waals surface area contributed by atoms with Crippen molar-refractivity contribution in [1.82, 2.24) is 13.9 Å². The molecule has 160 valence electrons. The molecule has 0 saturated heterocycles. The predicted molar refractivity (Wildman–Crippen MR) is 113 cm³/mol. The van der Waals surface area contributed by atoms with Gasteiger partial charge in [-0.05, 0) is 25.1 Å². The van der Waals surface area contributed by atoms with Crippen LogP contribution in [0.3, 0.4) is 0 Å². The summed E-state index contributed by atoms with van der Waals surface area (Å²) >= 11 is 6.19. The number of nitrogens with zero attached hydrogens (tertiary/aromatic N) is 3. The van der Waals surface area contributed by atoms with Gasteiger partial charge in [0.15, 0.2) is 0 Å². The van der Waals surface area contributed by atoms with E-state index in [9.17, 15) is 18.0 Å². The third-order valence-corrected chi connectivity index (χ3v) is 7.08. The molecule has 1 aromatic carbocycles. The predicted octanol–water partition coefficient (Wildman–Crippen LogP) is 2.77. The van der Waals surface area contributed by atoms with Crippen molar-refractivity contribution < 1.29 is 17.6 Å². The smallest absolute Gasteiger partial charge is 0.265 e. The molecule has 0 saturated carbocycles. The first-order valence-electron chi connectivity index (χ1n) is 9.17. The molecule has 11 heteroatoms. The number of hydrogen-bond acceptors (Lipinski definition) is 6. The summed E-state index contributed by atoms with van der Waals surface area (Å²) in [4.78, 5) is 29.5. The quantitative estimate of drug-likeness (QED) is 0.615. The van der Waals surface area contributed by atoms with Crippen LogP contribution >= 0.6 is 11.6 Å². The number of furan rings is 1. The molecule has 0 aliphatic heterocycles. The number of carbonyl (C=O) groups excluding carboxylic acids is 1. The second-order valence-corrected chi connectivity index (χ2v) is 8.90. The number of sulfonamides is 1. The Labute approximate surface area is 178 Å². The summed E-state index contributed by atoms with van der Waals surface area (Å²) in [5, 5.41) is 2.78. The van der Waals surface area contributed by atoms with Gasteiger partial charge in [0.05, 0.1) is 21.2 Å². The van der Waals surface area contributed by atoms with Crippen molar-refractivity contribution in [3.8, 4) is 0 Å². The number of carbonyl (C=O) groups is 1. The molecular formula is C19H21ClN4O5S. The molecule has 0 spiro atoms. The minimum Gasteiger partial charge on any atom is -0.442 e. The van der Waals surface area contributed by atoms with Crippen molar-refractivity contribution in [3.05, 3.63) is 51.2 Å². The number of aryl methyl sites for hydroxylation is 2. The number of nitrogens with one attached hydrogen (secondary N) is 1. The van der Waals surface area contributed by atoms with Crippen LogP contribution in [-0.4, -0.2) is 41.3 Å². The van der Waals surface area contributed by atoms with Crippen molar-refractivity contribution in [1.29, 1.82) is 0 Å². The molecule has 2 aromatic heterocycles. The molecule has 2 heterocycles.